The van der Waals surface area contributed by atoms with Gasteiger partial charge in [-0.2, -0.15) is 0 Å². The second-order valence-electron chi connectivity index (χ2n) is 7.51. The van der Waals surface area contributed by atoms with Crippen molar-refractivity contribution in [1.29, 1.82) is 0 Å². The molecule has 0 amide bonds. The van der Waals surface area contributed by atoms with Crippen LogP contribution in [0.25, 0.3) is 21.9 Å². The molecule has 0 aliphatic heterocycles. The third kappa shape index (κ3) is 1.86. The maximum Gasteiger partial charge on any atom is 0.0394 e. The van der Waals surface area contributed by atoms with Gasteiger partial charge in [-0.1, -0.05) is 58.0 Å². The summed E-state index contributed by atoms with van der Waals surface area (Å²) in [6.45, 7) is 9.12. The Bertz CT molecular complexity index is 932. The van der Waals surface area contributed by atoms with Gasteiger partial charge >= 0.3 is 0 Å². The van der Waals surface area contributed by atoms with Crippen LogP contribution in [0.3, 0.4) is 0 Å². The molecule has 0 aromatic heterocycles. The number of nitrogen functional groups attached to an aromatic ring is 1. The largest absolute Gasteiger partial charge is 0.398 e. The van der Waals surface area contributed by atoms with E-state index in [4.69, 9.17) is 5.73 Å². The molecular weight excluding hydrogens is 278 g/mol. The zero-order valence-electron chi connectivity index (χ0n) is 14.3. The van der Waals surface area contributed by atoms with Crippen LogP contribution in [0.1, 0.15) is 50.3 Å². The first-order valence-corrected chi connectivity index (χ1v) is 8.37. The number of rotatable bonds is 1. The highest BCUT2D eigenvalue weighted by Crippen LogP contribution is 2.50. The smallest absolute Gasteiger partial charge is 0.0394 e. The van der Waals surface area contributed by atoms with Crippen LogP contribution in [0.5, 0.6) is 0 Å². The van der Waals surface area contributed by atoms with Crippen molar-refractivity contribution in [2.45, 2.75) is 39.0 Å². The van der Waals surface area contributed by atoms with E-state index in [1.165, 1.54) is 38.6 Å². The highest BCUT2D eigenvalue weighted by molar-refractivity contribution is 6.01. The Labute approximate surface area is 138 Å². The van der Waals surface area contributed by atoms with Crippen molar-refractivity contribution in [3.8, 4) is 11.1 Å². The first kappa shape index (κ1) is 14.3. The molecule has 23 heavy (non-hydrogen) atoms. The van der Waals surface area contributed by atoms with E-state index in [1.807, 2.05) is 0 Å². The maximum absolute atomic E-state index is 6.31. The fourth-order valence-corrected chi connectivity index (χ4v) is 4.09. The molecule has 3 aromatic carbocycles. The highest BCUT2D eigenvalue weighted by atomic mass is 14.6. The van der Waals surface area contributed by atoms with Gasteiger partial charge in [-0.3, -0.25) is 0 Å². The van der Waals surface area contributed by atoms with Gasteiger partial charge in [-0.25, -0.2) is 0 Å². The Hall–Kier alpha value is -2.28. The standard InChI is InChI=1S/C22H23N/c1-13(2)14-9-10-21(23)18-12-20-17(11-16(14)18)15-7-5-6-8-19(15)22(20,3)4/h5-13H,23H2,1-4H3. The number of anilines is 1. The van der Waals surface area contributed by atoms with E-state index in [0.717, 1.165) is 5.69 Å². The number of hydrogen-bond donors (Lipinski definition) is 1. The summed E-state index contributed by atoms with van der Waals surface area (Å²) in [5.41, 5.74) is 14.1. The summed E-state index contributed by atoms with van der Waals surface area (Å²) >= 11 is 0. The number of hydrogen-bond acceptors (Lipinski definition) is 1. The van der Waals surface area contributed by atoms with Crippen molar-refractivity contribution in [3.05, 3.63) is 65.2 Å². The average Bonchev–Trinajstić information content (AvgIpc) is 2.75. The van der Waals surface area contributed by atoms with Gasteiger partial charge in [0.2, 0.25) is 0 Å². The van der Waals surface area contributed by atoms with Gasteiger partial charge in [-0.05, 0) is 57.3 Å². The van der Waals surface area contributed by atoms with E-state index in [-0.39, 0.29) is 5.41 Å². The van der Waals surface area contributed by atoms with Gasteiger partial charge in [0, 0.05) is 16.5 Å². The van der Waals surface area contributed by atoms with Crippen molar-refractivity contribution >= 4 is 16.5 Å². The summed E-state index contributed by atoms with van der Waals surface area (Å²) in [6.07, 6.45) is 0. The van der Waals surface area contributed by atoms with E-state index in [0.29, 0.717) is 5.92 Å². The van der Waals surface area contributed by atoms with E-state index in [1.54, 1.807) is 0 Å². The molecule has 0 unspecified atom stereocenters. The number of nitrogens with two attached hydrogens (primary N) is 1. The van der Waals surface area contributed by atoms with Gasteiger partial charge in [0.15, 0.2) is 0 Å². The van der Waals surface area contributed by atoms with Gasteiger partial charge in [0.05, 0.1) is 0 Å². The summed E-state index contributed by atoms with van der Waals surface area (Å²) in [7, 11) is 0. The van der Waals surface area contributed by atoms with Crippen molar-refractivity contribution in [2.75, 3.05) is 5.73 Å². The minimum atomic E-state index is 0.0282. The summed E-state index contributed by atoms with van der Waals surface area (Å²) in [5, 5.41) is 2.49. The summed E-state index contributed by atoms with van der Waals surface area (Å²) < 4.78 is 0. The first-order valence-electron chi connectivity index (χ1n) is 8.37. The predicted octanol–water partition coefficient (Wildman–Crippen LogP) is 5.85. The molecule has 0 saturated heterocycles. The average molecular weight is 301 g/mol. The fourth-order valence-electron chi connectivity index (χ4n) is 4.09. The molecule has 1 heteroatoms. The van der Waals surface area contributed by atoms with Crippen molar-refractivity contribution in [3.63, 3.8) is 0 Å². The zero-order chi connectivity index (χ0) is 16.4. The maximum atomic E-state index is 6.31. The van der Waals surface area contributed by atoms with E-state index in [9.17, 15) is 0 Å². The third-order valence-corrected chi connectivity index (χ3v) is 5.41. The van der Waals surface area contributed by atoms with Gasteiger partial charge in [-0.15, -0.1) is 0 Å². The van der Waals surface area contributed by atoms with Crippen LogP contribution >= 0.6 is 0 Å². The van der Waals surface area contributed by atoms with Crippen molar-refractivity contribution in [2.24, 2.45) is 0 Å². The van der Waals surface area contributed by atoms with Gasteiger partial charge in [0.1, 0.15) is 0 Å². The molecule has 0 fully saturated rings. The molecule has 0 atom stereocenters. The lowest BCUT2D eigenvalue weighted by Crippen LogP contribution is -2.14. The molecule has 1 aliphatic rings. The molecule has 0 spiro atoms. The lowest BCUT2D eigenvalue weighted by atomic mass is 9.81. The Morgan fingerprint density at radius 2 is 1.57 bits per heavy atom. The fraction of sp³-hybridized carbons (Fsp3) is 0.273. The molecule has 0 saturated carbocycles. The molecule has 116 valence electrons. The number of fused-ring (bicyclic) bond motifs is 4. The second-order valence-corrected chi connectivity index (χ2v) is 7.51. The van der Waals surface area contributed by atoms with Crippen LogP contribution < -0.4 is 5.73 Å². The van der Waals surface area contributed by atoms with Gasteiger partial charge in [0.25, 0.3) is 0 Å². The van der Waals surface area contributed by atoms with Gasteiger partial charge < -0.3 is 5.73 Å². The molecule has 2 N–H and O–H groups in total. The Morgan fingerprint density at radius 1 is 0.826 bits per heavy atom. The molecule has 4 rings (SSSR count). The zero-order valence-corrected chi connectivity index (χ0v) is 14.3. The molecular formula is C22H23N. The second kappa shape index (κ2) is 4.61. The first-order chi connectivity index (χ1) is 10.9. The van der Waals surface area contributed by atoms with E-state index < -0.39 is 0 Å². The SMILES string of the molecule is CC(C)c1ccc(N)c2cc3c(cc12)-c1ccccc1C3(C)C. The number of benzene rings is 3. The Balaban J connectivity index is 2.14. The van der Waals surface area contributed by atoms with Crippen molar-refractivity contribution in [1.82, 2.24) is 0 Å². The lowest BCUT2D eigenvalue weighted by Gasteiger charge is -2.22. The van der Waals surface area contributed by atoms with Crippen molar-refractivity contribution < 1.29 is 0 Å². The monoisotopic (exact) mass is 301 g/mol. The minimum Gasteiger partial charge on any atom is -0.398 e. The molecule has 0 radical (unpaired) electrons. The van der Waals surface area contributed by atoms with Crippen LogP contribution in [0.2, 0.25) is 0 Å². The Morgan fingerprint density at radius 3 is 2.30 bits per heavy atom. The molecule has 1 nitrogen and oxygen atoms in total. The van der Waals surface area contributed by atoms with E-state index >= 15 is 0 Å². The highest BCUT2D eigenvalue weighted by Gasteiger charge is 2.35. The summed E-state index contributed by atoms with van der Waals surface area (Å²) in [5.74, 6) is 0.487. The normalized spacial score (nSPS) is 15.0. The minimum absolute atomic E-state index is 0.0282. The summed E-state index contributed by atoms with van der Waals surface area (Å²) in [4.78, 5) is 0. The van der Waals surface area contributed by atoms with Crippen LogP contribution in [0, 0.1) is 0 Å². The summed E-state index contributed by atoms with van der Waals surface area (Å²) in [6, 6.07) is 17.7. The molecule has 0 heterocycles. The lowest BCUT2D eigenvalue weighted by molar-refractivity contribution is 0.661. The predicted molar refractivity (Wildman–Crippen MR) is 100 cm³/mol. The Kier molecular flexibility index (Phi) is 2.87. The third-order valence-electron chi connectivity index (χ3n) is 5.41. The van der Waals surface area contributed by atoms with Crippen LogP contribution in [0.4, 0.5) is 5.69 Å². The molecule has 3 aromatic rings. The van der Waals surface area contributed by atoms with Crippen LogP contribution in [0.15, 0.2) is 48.5 Å². The van der Waals surface area contributed by atoms with Crippen LogP contribution in [-0.2, 0) is 5.41 Å². The molecule has 0 bridgehead atoms. The van der Waals surface area contributed by atoms with E-state index in [2.05, 4.69) is 76.2 Å². The molecule has 1 aliphatic carbocycles. The quantitative estimate of drug-likeness (QED) is 0.560. The van der Waals surface area contributed by atoms with Crippen LogP contribution in [-0.4, -0.2) is 0 Å². The topological polar surface area (TPSA) is 26.0 Å².